The Kier molecular flexibility index (Phi) is 3.60. The van der Waals surface area contributed by atoms with E-state index >= 15 is 0 Å². The first-order chi connectivity index (χ1) is 7.47. The predicted octanol–water partition coefficient (Wildman–Crippen LogP) is 2.50. The molecule has 0 amide bonds. The summed E-state index contributed by atoms with van der Waals surface area (Å²) in [4.78, 5) is 21.5. The number of hydrogen-bond acceptors (Lipinski definition) is 4. The topological polar surface area (TPSA) is 69.4 Å². The Morgan fingerprint density at radius 2 is 2.06 bits per heavy atom. The second-order valence-corrected chi connectivity index (χ2v) is 3.68. The summed E-state index contributed by atoms with van der Waals surface area (Å²) in [5.74, 6) is -0.521. The molecule has 0 bridgehead atoms. The van der Waals surface area contributed by atoms with Crippen molar-refractivity contribution >= 4 is 11.7 Å². The van der Waals surface area contributed by atoms with E-state index in [4.69, 9.17) is 0 Å². The number of nitro benzene ring substituents is 1. The maximum absolute atomic E-state index is 11.3. The Hall–Kier alpha value is -1.91. The third kappa shape index (κ3) is 2.36. The van der Waals surface area contributed by atoms with Crippen molar-refractivity contribution in [2.24, 2.45) is 0 Å². The lowest BCUT2D eigenvalue weighted by Crippen LogP contribution is -2.06. The van der Waals surface area contributed by atoms with Gasteiger partial charge < -0.3 is 4.74 Å². The third-order valence-electron chi connectivity index (χ3n) is 2.29. The summed E-state index contributed by atoms with van der Waals surface area (Å²) in [7, 11) is 1.20. The second kappa shape index (κ2) is 4.74. The number of nitrogens with zero attached hydrogens (tertiary/aromatic N) is 1. The first kappa shape index (κ1) is 12.2. The van der Waals surface area contributed by atoms with Crippen LogP contribution in [0.15, 0.2) is 18.2 Å². The fourth-order valence-electron chi connectivity index (χ4n) is 1.34. The van der Waals surface area contributed by atoms with Crippen LogP contribution in [0.4, 0.5) is 5.69 Å². The Morgan fingerprint density at radius 3 is 2.50 bits per heavy atom. The zero-order valence-corrected chi connectivity index (χ0v) is 9.39. The average molecular weight is 223 g/mol. The molecule has 16 heavy (non-hydrogen) atoms. The Balaban J connectivity index is 3.30. The molecule has 1 rings (SSSR count). The zero-order chi connectivity index (χ0) is 12.3. The lowest BCUT2D eigenvalue weighted by Gasteiger charge is -2.07. The molecule has 0 aliphatic carbocycles. The molecule has 0 saturated heterocycles. The van der Waals surface area contributed by atoms with Gasteiger partial charge in [0.05, 0.1) is 12.0 Å². The van der Waals surface area contributed by atoms with Crippen molar-refractivity contribution in [3.05, 3.63) is 39.4 Å². The van der Waals surface area contributed by atoms with Crippen molar-refractivity contribution in [1.82, 2.24) is 0 Å². The Labute approximate surface area is 93.2 Å². The summed E-state index contributed by atoms with van der Waals surface area (Å²) in [6, 6.07) is 4.54. The maximum atomic E-state index is 11.3. The van der Waals surface area contributed by atoms with Crippen LogP contribution >= 0.6 is 0 Å². The molecule has 5 heteroatoms. The molecule has 0 aromatic heterocycles. The fourth-order valence-corrected chi connectivity index (χ4v) is 1.34. The smallest absolute Gasteiger partial charge is 0.344 e. The molecule has 0 heterocycles. The van der Waals surface area contributed by atoms with Crippen molar-refractivity contribution in [3.8, 4) is 0 Å². The highest BCUT2D eigenvalue weighted by Gasteiger charge is 2.21. The van der Waals surface area contributed by atoms with Crippen LogP contribution in [0.5, 0.6) is 0 Å². The molecule has 0 spiro atoms. The van der Waals surface area contributed by atoms with Crippen molar-refractivity contribution < 1.29 is 14.5 Å². The summed E-state index contributed by atoms with van der Waals surface area (Å²) < 4.78 is 4.48. The van der Waals surface area contributed by atoms with Crippen molar-refractivity contribution in [2.75, 3.05) is 7.11 Å². The van der Waals surface area contributed by atoms with Gasteiger partial charge in [0, 0.05) is 6.07 Å². The molecular formula is C11H13NO4. The lowest BCUT2D eigenvalue weighted by molar-refractivity contribution is -0.385. The summed E-state index contributed by atoms with van der Waals surface area (Å²) in [5.41, 5.74) is 0.592. The Morgan fingerprint density at radius 1 is 1.44 bits per heavy atom. The van der Waals surface area contributed by atoms with Crippen LogP contribution in [0, 0.1) is 10.1 Å². The van der Waals surface area contributed by atoms with E-state index in [1.165, 1.54) is 19.2 Å². The van der Waals surface area contributed by atoms with Gasteiger partial charge >= 0.3 is 5.97 Å². The highest BCUT2D eigenvalue weighted by Crippen LogP contribution is 2.25. The molecule has 1 aromatic rings. The molecule has 0 aliphatic heterocycles. The first-order valence-electron chi connectivity index (χ1n) is 4.84. The van der Waals surface area contributed by atoms with Crippen LogP contribution in [0.1, 0.15) is 35.7 Å². The van der Waals surface area contributed by atoms with Crippen LogP contribution in [0.25, 0.3) is 0 Å². The number of benzene rings is 1. The van der Waals surface area contributed by atoms with Gasteiger partial charge in [-0.2, -0.15) is 0 Å². The van der Waals surface area contributed by atoms with E-state index in [0.29, 0.717) is 0 Å². The normalized spacial score (nSPS) is 10.2. The number of nitro groups is 1. The van der Waals surface area contributed by atoms with E-state index < -0.39 is 10.9 Å². The molecular weight excluding hydrogens is 210 g/mol. The van der Waals surface area contributed by atoms with Crippen molar-refractivity contribution in [3.63, 3.8) is 0 Å². The van der Waals surface area contributed by atoms with Crippen molar-refractivity contribution in [2.45, 2.75) is 19.8 Å². The van der Waals surface area contributed by atoms with Gasteiger partial charge in [0.1, 0.15) is 5.56 Å². The minimum atomic E-state index is -0.693. The minimum absolute atomic E-state index is 0.0168. The van der Waals surface area contributed by atoms with Crippen molar-refractivity contribution in [1.29, 1.82) is 0 Å². The number of carbonyl (C=O) groups excluding carboxylic acids is 1. The number of hydrogen-bond donors (Lipinski definition) is 0. The Bertz CT molecular complexity index is 426. The van der Waals surface area contributed by atoms with Crippen LogP contribution in [-0.2, 0) is 4.74 Å². The maximum Gasteiger partial charge on any atom is 0.344 e. The van der Waals surface area contributed by atoms with Gasteiger partial charge in [0.25, 0.3) is 5.69 Å². The quantitative estimate of drug-likeness (QED) is 0.448. The van der Waals surface area contributed by atoms with Crippen LogP contribution < -0.4 is 0 Å². The first-order valence-corrected chi connectivity index (χ1v) is 4.84. The molecule has 5 nitrogen and oxygen atoms in total. The lowest BCUT2D eigenvalue weighted by atomic mass is 10.0. The molecule has 0 atom stereocenters. The molecule has 0 N–H and O–H groups in total. The third-order valence-corrected chi connectivity index (χ3v) is 2.29. The molecule has 1 aromatic carbocycles. The largest absolute Gasteiger partial charge is 0.465 e. The van der Waals surface area contributed by atoms with Gasteiger partial charge in [0.2, 0.25) is 0 Å². The van der Waals surface area contributed by atoms with E-state index in [9.17, 15) is 14.9 Å². The van der Waals surface area contributed by atoms with Gasteiger partial charge in [-0.25, -0.2) is 4.79 Å². The molecule has 0 saturated carbocycles. The second-order valence-electron chi connectivity index (χ2n) is 3.68. The number of methoxy groups -OCH3 is 1. The molecule has 0 radical (unpaired) electrons. The van der Waals surface area contributed by atoms with Crippen LogP contribution in [0.3, 0.4) is 0 Å². The predicted molar refractivity (Wildman–Crippen MR) is 58.5 cm³/mol. The SMILES string of the molecule is COC(=O)c1ccc(C(C)C)cc1[N+](=O)[O-]. The van der Waals surface area contributed by atoms with Gasteiger partial charge in [-0.15, -0.1) is 0 Å². The van der Waals surface area contributed by atoms with E-state index in [2.05, 4.69) is 4.74 Å². The van der Waals surface area contributed by atoms with Crippen LogP contribution in [-0.4, -0.2) is 18.0 Å². The highest BCUT2D eigenvalue weighted by molar-refractivity contribution is 5.93. The number of esters is 1. The molecule has 0 fully saturated rings. The monoisotopic (exact) mass is 223 g/mol. The number of ether oxygens (including phenoxy) is 1. The standard InChI is InChI=1S/C11H13NO4/c1-7(2)8-4-5-9(11(13)16-3)10(6-8)12(14)15/h4-7H,1-3H3. The van der Waals surface area contributed by atoms with Gasteiger partial charge in [-0.05, 0) is 17.5 Å². The van der Waals surface area contributed by atoms with Crippen LogP contribution in [0.2, 0.25) is 0 Å². The van der Waals surface area contributed by atoms with Gasteiger partial charge in [0.15, 0.2) is 0 Å². The van der Waals surface area contributed by atoms with E-state index in [-0.39, 0.29) is 17.2 Å². The number of carbonyl (C=O) groups is 1. The minimum Gasteiger partial charge on any atom is -0.465 e. The van der Waals surface area contributed by atoms with E-state index in [1.807, 2.05) is 13.8 Å². The summed E-state index contributed by atoms with van der Waals surface area (Å²) in [6.45, 7) is 3.85. The molecule has 0 unspecified atom stereocenters. The average Bonchev–Trinajstić information content (AvgIpc) is 2.26. The van der Waals surface area contributed by atoms with Gasteiger partial charge in [-0.1, -0.05) is 19.9 Å². The van der Waals surface area contributed by atoms with E-state index in [1.54, 1.807) is 6.07 Å². The van der Waals surface area contributed by atoms with E-state index in [0.717, 1.165) is 5.56 Å². The zero-order valence-electron chi connectivity index (χ0n) is 9.39. The highest BCUT2D eigenvalue weighted by atomic mass is 16.6. The molecule has 0 aliphatic rings. The molecule has 86 valence electrons. The summed E-state index contributed by atoms with van der Waals surface area (Å²) >= 11 is 0. The fraction of sp³-hybridized carbons (Fsp3) is 0.364. The number of rotatable bonds is 3. The summed E-state index contributed by atoms with van der Waals surface area (Å²) in [5, 5.41) is 10.8. The van der Waals surface area contributed by atoms with Gasteiger partial charge in [-0.3, -0.25) is 10.1 Å². The summed E-state index contributed by atoms with van der Waals surface area (Å²) in [6.07, 6.45) is 0.